The number of piperazine rings is 1. The Balaban J connectivity index is 0.00000329. The second-order valence-electron chi connectivity index (χ2n) is 11.3. The number of nitrogens with zero attached hydrogens (tertiary/aromatic N) is 7. The molecule has 0 radical (unpaired) electrons. The van der Waals surface area contributed by atoms with Gasteiger partial charge >= 0.3 is 0 Å². The zero-order valence-corrected chi connectivity index (χ0v) is 26.8. The molecule has 5 heterocycles. The van der Waals surface area contributed by atoms with Crippen LogP contribution in [-0.2, 0) is 5.75 Å². The van der Waals surface area contributed by atoms with Crippen LogP contribution >= 0.6 is 11.8 Å². The van der Waals surface area contributed by atoms with Crippen molar-refractivity contribution in [2.75, 3.05) is 51.8 Å². The molecule has 0 aliphatic carbocycles. The van der Waals surface area contributed by atoms with Gasteiger partial charge in [0.1, 0.15) is 17.9 Å². The number of anilines is 1. The van der Waals surface area contributed by atoms with Crippen LogP contribution in [0.4, 0.5) is 10.1 Å². The van der Waals surface area contributed by atoms with Crippen molar-refractivity contribution in [1.82, 2.24) is 25.0 Å². The summed E-state index contributed by atoms with van der Waals surface area (Å²) in [4.78, 5) is 15.7. The molecule has 1 fully saturated rings. The maximum Gasteiger partial charge on any atom is 0.277 e. The molecule has 0 unspecified atom stereocenters. The fourth-order valence-electron chi connectivity index (χ4n) is 5.40. The van der Waals surface area contributed by atoms with E-state index in [1.807, 2.05) is 46.7 Å². The van der Waals surface area contributed by atoms with Gasteiger partial charge < -0.3 is 51.5 Å². The minimum Gasteiger partial charge on any atom is -1.00 e. The standard InChI is InChI=1S/C29H29FN7O4S.HI/c1-17-15-39-26-23-19(13-21(30)24(26)35-9-11-37(2,3)12-10-35)25(38)20(14-36(17)23)28-33-34-29(41-28)42-16-22-31-32-27(40-22)18-7-5-4-6-8-18;/h4-8,13-14,17H,9-12,15-16H2,1-3H3;1H/q+1;/p-1/t17-;/m0./s1. The summed E-state index contributed by atoms with van der Waals surface area (Å²) in [7, 11) is 4.34. The van der Waals surface area contributed by atoms with E-state index in [1.54, 1.807) is 6.20 Å². The highest BCUT2D eigenvalue weighted by atomic mass is 127. The van der Waals surface area contributed by atoms with E-state index in [0.29, 0.717) is 54.2 Å². The highest BCUT2D eigenvalue weighted by Gasteiger charge is 2.33. The van der Waals surface area contributed by atoms with Crippen LogP contribution in [0.25, 0.3) is 33.8 Å². The van der Waals surface area contributed by atoms with Crippen LogP contribution < -0.4 is 39.0 Å². The third-order valence-electron chi connectivity index (χ3n) is 7.85. The lowest BCUT2D eigenvalue weighted by molar-refractivity contribution is -0.890. The van der Waals surface area contributed by atoms with Gasteiger partial charge in [-0.2, -0.15) is 0 Å². The molecule has 0 spiro atoms. The average molecular weight is 718 g/mol. The normalized spacial score (nSPS) is 17.5. The number of pyridine rings is 1. The first-order valence-electron chi connectivity index (χ1n) is 13.7. The van der Waals surface area contributed by atoms with Gasteiger partial charge in [-0.05, 0) is 25.1 Å². The van der Waals surface area contributed by atoms with Crippen molar-refractivity contribution in [2.24, 2.45) is 0 Å². The molecule has 14 heteroatoms. The summed E-state index contributed by atoms with van der Waals surface area (Å²) in [5, 5.41) is 16.9. The Morgan fingerprint density at radius 2 is 1.79 bits per heavy atom. The van der Waals surface area contributed by atoms with Gasteiger partial charge in [0.15, 0.2) is 11.6 Å². The lowest BCUT2D eigenvalue weighted by Crippen LogP contribution is -3.00. The predicted octanol–water partition coefficient (Wildman–Crippen LogP) is 1.39. The zero-order valence-electron chi connectivity index (χ0n) is 23.8. The number of likely N-dealkylation sites (N-methyl/N-ethyl adjacent to an activating group) is 1. The van der Waals surface area contributed by atoms with Crippen LogP contribution in [0.3, 0.4) is 0 Å². The first-order chi connectivity index (χ1) is 20.3. The molecule has 7 rings (SSSR count). The molecule has 2 aliphatic heterocycles. The number of quaternary nitrogens is 1. The molecule has 3 aromatic heterocycles. The Hall–Kier alpha value is -3.50. The molecule has 0 saturated carbocycles. The lowest BCUT2D eigenvalue weighted by atomic mass is 10.1. The summed E-state index contributed by atoms with van der Waals surface area (Å²) in [5.41, 5.74) is 1.63. The number of halogens is 2. The summed E-state index contributed by atoms with van der Waals surface area (Å²) >= 11 is 1.22. The number of aromatic nitrogens is 5. The third-order valence-corrected chi connectivity index (χ3v) is 8.66. The van der Waals surface area contributed by atoms with Gasteiger partial charge in [0.25, 0.3) is 11.1 Å². The van der Waals surface area contributed by atoms with Crippen molar-refractivity contribution in [3.8, 4) is 28.7 Å². The molecule has 224 valence electrons. The van der Waals surface area contributed by atoms with Gasteiger partial charge in [0.05, 0.1) is 63.0 Å². The van der Waals surface area contributed by atoms with E-state index in [-0.39, 0.29) is 52.1 Å². The largest absolute Gasteiger partial charge is 1.00 e. The monoisotopic (exact) mass is 717 g/mol. The second kappa shape index (κ2) is 11.5. The maximum absolute atomic E-state index is 15.7. The number of ether oxygens (including phenoxy) is 1. The summed E-state index contributed by atoms with van der Waals surface area (Å²) < 4.78 is 36.3. The van der Waals surface area contributed by atoms with E-state index in [0.717, 1.165) is 23.1 Å². The fraction of sp³-hybridized carbons (Fsp3) is 0.345. The molecule has 1 saturated heterocycles. The minimum absolute atomic E-state index is 0. The van der Waals surface area contributed by atoms with Crippen LogP contribution in [0.1, 0.15) is 18.9 Å². The average Bonchev–Trinajstić information content (AvgIpc) is 3.66. The van der Waals surface area contributed by atoms with Crippen molar-refractivity contribution in [1.29, 1.82) is 0 Å². The Morgan fingerprint density at radius 3 is 2.56 bits per heavy atom. The van der Waals surface area contributed by atoms with Crippen molar-refractivity contribution in [2.45, 2.75) is 23.9 Å². The van der Waals surface area contributed by atoms with Crippen LogP contribution in [0.15, 0.2) is 61.4 Å². The Kier molecular flexibility index (Phi) is 7.93. The highest BCUT2D eigenvalue weighted by molar-refractivity contribution is 7.98. The van der Waals surface area contributed by atoms with Crippen molar-refractivity contribution in [3.63, 3.8) is 0 Å². The molecule has 2 aromatic carbocycles. The maximum atomic E-state index is 15.7. The summed E-state index contributed by atoms with van der Waals surface area (Å²) in [6, 6.07) is 10.7. The van der Waals surface area contributed by atoms with Gasteiger partial charge in [-0.25, -0.2) is 4.39 Å². The SMILES string of the molecule is C[C@H]1COc2c(N3CC[N+](C)(C)CC3)c(F)cc3c(=O)c(-c4nnc(SCc5nnc(-c6ccccc6)o5)o4)cn1c23.[I-]. The molecule has 0 bridgehead atoms. The van der Waals surface area contributed by atoms with Crippen LogP contribution in [-0.4, -0.2) is 76.3 Å². The van der Waals surface area contributed by atoms with Crippen molar-refractivity contribution >= 4 is 28.4 Å². The zero-order chi connectivity index (χ0) is 29.0. The van der Waals surface area contributed by atoms with Gasteiger partial charge in [-0.1, -0.05) is 30.0 Å². The Bertz CT molecular complexity index is 1850. The van der Waals surface area contributed by atoms with E-state index >= 15 is 4.39 Å². The van der Waals surface area contributed by atoms with Gasteiger partial charge in [0, 0.05) is 11.8 Å². The number of thioether (sulfide) groups is 1. The molecule has 43 heavy (non-hydrogen) atoms. The topological polar surface area (TPSA) is 112 Å². The lowest BCUT2D eigenvalue weighted by Gasteiger charge is -2.41. The van der Waals surface area contributed by atoms with E-state index < -0.39 is 11.2 Å². The Labute approximate surface area is 267 Å². The summed E-state index contributed by atoms with van der Waals surface area (Å²) in [5.74, 6) is 1.13. The molecule has 0 amide bonds. The number of benzene rings is 2. The van der Waals surface area contributed by atoms with Gasteiger partial charge in [0.2, 0.25) is 17.2 Å². The van der Waals surface area contributed by atoms with Crippen LogP contribution in [0, 0.1) is 5.82 Å². The predicted molar refractivity (Wildman–Crippen MR) is 155 cm³/mol. The van der Waals surface area contributed by atoms with E-state index in [9.17, 15) is 4.79 Å². The minimum atomic E-state index is -0.476. The first-order valence-corrected chi connectivity index (χ1v) is 14.7. The van der Waals surface area contributed by atoms with Gasteiger partial charge in [-0.15, -0.1) is 20.4 Å². The van der Waals surface area contributed by atoms with E-state index in [4.69, 9.17) is 13.6 Å². The summed E-state index contributed by atoms with van der Waals surface area (Å²) in [6.45, 7) is 5.50. The third kappa shape index (κ3) is 5.51. The fourth-order valence-corrected chi connectivity index (χ4v) is 6.00. The molecule has 11 nitrogen and oxygen atoms in total. The smallest absolute Gasteiger partial charge is 0.277 e. The second-order valence-corrected chi connectivity index (χ2v) is 12.2. The molecule has 1 atom stereocenters. The van der Waals surface area contributed by atoms with Crippen molar-refractivity contribution in [3.05, 3.63) is 64.5 Å². The first kappa shape index (κ1) is 29.6. The highest BCUT2D eigenvalue weighted by Crippen LogP contribution is 2.43. The molecule has 2 aliphatic rings. The van der Waals surface area contributed by atoms with Crippen molar-refractivity contribution < 1.29 is 46.4 Å². The summed E-state index contributed by atoms with van der Waals surface area (Å²) in [6.07, 6.45) is 1.71. The number of rotatable bonds is 6. The van der Waals surface area contributed by atoms with E-state index in [2.05, 4.69) is 34.5 Å². The van der Waals surface area contributed by atoms with E-state index in [1.165, 1.54) is 17.8 Å². The molecule has 0 N–H and O–H groups in total. The molecular formula is C29H29FIN7O4S. The quantitative estimate of drug-likeness (QED) is 0.145. The van der Waals surface area contributed by atoms with Gasteiger partial charge in [-0.3, -0.25) is 4.79 Å². The Morgan fingerprint density at radius 1 is 1.05 bits per heavy atom. The molecule has 5 aromatic rings. The van der Waals surface area contributed by atoms with Crippen LogP contribution in [0.2, 0.25) is 0 Å². The number of hydrogen-bond acceptors (Lipinski definition) is 10. The van der Waals surface area contributed by atoms with Crippen LogP contribution in [0.5, 0.6) is 5.75 Å². The number of hydrogen-bond donors (Lipinski definition) is 0. The molecular weight excluding hydrogens is 688 g/mol.